The Morgan fingerprint density at radius 2 is 1.61 bits per heavy atom. The summed E-state index contributed by atoms with van der Waals surface area (Å²) >= 11 is 0. The van der Waals surface area contributed by atoms with Crippen molar-refractivity contribution in [2.45, 2.75) is 12.5 Å². The number of hydrogen-bond donors (Lipinski definition) is 1. The van der Waals surface area contributed by atoms with E-state index in [9.17, 15) is 4.79 Å². The normalized spacial score (nSPS) is 11.8. The maximum absolute atomic E-state index is 12.4. The van der Waals surface area contributed by atoms with Crippen LogP contribution in [0.25, 0.3) is 0 Å². The predicted octanol–water partition coefficient (Wildman–Crippen LogP) is 5.01. The number of hydrogen-bond acceptors (Lipinski definition) is 3. The zero-order valence-electron chi connectivity index (χ0n) is 16.3. The van der Waals surface area contributed by atoms with Crippen molar-refractivity contribution in [2.75, 3.05) is 26.0 Å². The molecule has 0 heterocycles. The van der Waals surface area contributed by atoms with Gasteiger partial charge in [-0.2, -0.15) is 0 Å². The van der Waals surface area contributed by atoms with Gasteiger partial charge in [-0.15, -0.1) is 0 Å². The monoisotopic (exact) mass is 374 g/mol. The second-order valence-corrected chi connectivity index (χ2v) is 6.96. The molecule has 4 heteroatoms. The van der Waals surface area contributed by atoms with Gasteiger partial charge in [0.1, 0.15) is 11.9 Å². The highest BCUT2D eigenvalue weighted by Gasteiger charge is 2.14. The first kappa shape index (κ1) is 19.6. The average molecular weight is 374 g/mol. The third-order valence-electron chi connectivity index (χ3n) is 4.42. The maximum Gasteiger partial charge on any atom is 0.255 e. The molecular weight excluding hydrogens is 348 g/mol. The number of anilines is 1. The Kier molecular flexibility index (Phi) is 6.82. The van der Waals surface area contributed by atoms with E-state index in [0.29, 0.717) is 11.3 Å². The molecule has 0 bridgehead atoms. The Balaban J connectivity index is 1.73. The smallest absolute Gasteiger partial charge is 0.255 e. The van der Waals surface area contributed by atoms with E-state index in [1.807, 2.05) is 60.7 Å². The average Bonchev–Trinajstić information content (AvgIpc) is 2.72. The van der Waals surface area contributed by atoms with E-state index in [2.05, 4.69) is 36.4 Å². The van der Waals surface area contributed by atoms with Gasteiger partial charge in [0, 0.05) is 30.3 Å². The molecule has 144 valence electrons. The lowest BCUT2D eigenvalue weighted by atomic mass is 10.1. The molecule has 0 aromatic heterocycles. The first-order valence-corrected chi connectivity index (χ1v) is 9.44. The van der Waals surface area contributed by atoms with Gasteiger partial charge in [-0.1, -0.05) is 54.6 Å². The number of rotatable bonds is 8. The zero-order valence-corrected chi connectivity index (χ0v) is 16.3. The van der Waals surface area contributed by atoms with Crippen LogP contribution >= 0.6 is 0 Å². The van der Waals surface area contributed by atoms with E-state index < -0.39 is 0 Å². The molecule has 0 saturated heterocycles. The molecule has 1 amide bonds. The van der Waals surface area contributed by atoms with Crippen LogP contribution in [0.3, 0.4) is 0 Å². The summed E-state index contributed by atoms with van der Waals surface area (Å²) in [5, 5.41) is 2.93. The Hall–Kier alpha value is -3.11. The van der Waals surface area contributed by atoms with Crippen LogP contribution in [0.1, 0.15) is 28.4 Å². The van der Waals surface area contributed by atoms with Crippen LogP contribution in [0.4, 0.5) is 5.69 Å². The molecule has 0 spiro atoms. The molecule has 28 heavy (non-hydrogen) atoms. The van der Waals surface area contributed by atoms with Gasteiger partial charge in [-0.05, 0) is 43.9 Å². The number of ether oxygens (including phenoxy) is 1. The fraction of sp³-hybridized carbons (Fsp3) is 0.208. The molecular formula is C24H26N2O2. The highest BCUT2D eigenvalue weighted by atomic mass is 16.5. The first-order chi connectivity index (χ1) is 13.6. The molecule has 0 aliphatic heterocycles. The van der Waals surface area contributed by atoms with Gasteiger partial charge in [0.2, 0.25) is 0 Å². The van der Waals surface area contributed by atoms with Gasteiger partial charge >= 0.3 is 0 Å². The molecule has 0 radical (unpaired) electrons. The standard InChI is InChI=1S/C24H26N2O2/c1-26(2)17-16-23(19-10-5-3-6-11-19)28-22-15-9-14-21(18-22)25-24(27)20-12-7-4-8-13-20/h3-15,18,23H,16-17H2,1-2H3,(H,25,27). The molecule has 1 N–H and O–H groups in total. The largest absolute Gasteiger partial charge is 0.486 e. The number of carbonyl (C=O) groups is 1. The van der Waals surface area contributed by atoms with Crippen molar-refractivity contribution in [3.8, 4) is 5.75 Å². The summed E-state index contributed by atoms with van der Waals surface area (Å²) in [6.45, 7) is 0.921. The lowest BCUT2D eigenvalue weighted by molar-refractivity contribution is 0.102. The number of amides is 1. The number of nitrogens with one attached hydrogen (secondary N) is 1. The number of nitrogens with zero attached hydrogens (tertiary/aromatic N) is 1. The Labute approximate surface area is 166 Å². The third-order valence-corrected chi connectivity index (χ3v) is 4.42. The summed E-state index contributed by atoms with van der Waals surface area (Å²) in [6.07, 6.45) is 0.820. The minimum absolute atomic E-state index is 0.0522. The fourth-order valence-electron chi connectivity index (χ4n) is 2.94. The molecule has 0 fully saturated rings. The van der Waals surface area contributed by atoms with E-state index in [-0.39, 0.29) is 12.0 Å². The van der Waals surface area contributed by atoms with Crippen molar-refractivity contribution >= 4 is 11.6 Å². The van der Waals surface area contributed by atoms with Gasteiger partial charge in [-0.3, -0.25) is 4.79 Å². The van der Waals surface area contributed by atoms with E-state index in [0.717, 1.165) is 24.3 Å². The Bertz CT molecular complexity index is 879. The van der Waals surface area contributed by atoms with Crippen LogP contribution in [-0.4, -0.2) is 31.4 Å². The Morgan fingerprint density at radius 1 is 0.929 bits per heavy atom. The second-order valence-electron chi connectivity index (χ2n) is 6.96. The van der Waals surface area contributed by atoms with E-state index in [1.54, 1.807) is 12.1 Å². The number of benzene rings is 3. The van der Waals surface area contributed by atoms with Crippen LogP contribution in [0.5, 0.6) is 5.75 Å². The topological polar surface area (TPSA) is 41.6 Å². The molecule has 4 nitrogen and oxygen atoms in total. The second kappa shape index (κ2) is 9.72. The summed E-state index contributed by atoms with van der Waals surface area (Å²) in [5.74, 6) is 0.600. The predicted molar refractivity (Wildman–Crippen MR) is 114 cm³/mol. The molecule has 1 atom stereocenters. The zero-order chi connectivity index (χ0) is 19.8. The highest BCUT2D eigenvalue weighted by molar-refractivity contribution is 6.04. The van der Waals surface area contributed by atoms with Crippen LogP contribution in [0.2, 0.25) is 0 Å². The SMILES string of the molecule is CN(C)CCC(Oc1cccc(NC(=O)c2ccccc2)c1)c1ccccc1. The van der Waals surface area contributed by atoms with E-state index in [4.69, 9.17) is 4.74 Å². The van der Waals surface area contributed by atoms with Crippen molar-refractivity contribution < 1.29 is 9.53 Å². The molecule has 0 aliphatic carbocycles. The van der Waals surface area contributed by atoms with Crippen molar-refractivity contribution in [1.82, 2.24) is 4.90 Å². The molecule has 3 rings (SSSR count). The van der Waals surface area contributed by atoms with Crippen LogP contribution in [0.15, 0.2) is 84.9 Å². The van der Waals surface area contributed by atoms with Gasteiger partial charge in [0.15, 0.2) is 0 Å². The van der Waals surface area contributed by atoms with Gasteiger partial charge in [0.05, 0.1) is 0 Å². The molecule has 0 aliphatic rings. The molecule has 3 aromatic carbocycles. The van der Waals surface area contributed by atoms with E-state index >= 15 is 0 Å². The first-order valence-electron chi connectivity index (χ1n) is 9.44. The maximum atomic E-state index is 12.4. The molecule has 3 aromatic rings. The molecule has 0 saturated carbocycles. The van der Waals surface area contributed by atoms with Crippen molar-refractivity contribution in [3.63, 3.8) is 0 Å². The quantitative estimate of drug-likeness (QED) is 0.602. The summed E-state index contributed by atoms with van der Waals surface area (Å²) in [6, 6.07) is 27.0. The summed E-state index contributed by atoms with van der Waals surface area (Å²) in [7, 11) is 4.11. The fourth-order valence-corrected chi connectivity index (χ4v) is 2.94. The Morgan fingerprint density at radius 3 is 2.29 bits per heavy atom. The summed E-state index contributed by atoms with van der Waals surface area (Å²) < 4.78 is 6.30. The van der Waals surface area contributed by atoms with Crippen molar-refractivity contribution in [1.29, 1.82) is 0 Å². The lowest BCUT2D eigenvalue weighted by Crippen LogP contribution is -2.19. The minimum Gasteiger partial charge on any atom is -0.486 e. The van der Waals surface area contributed by atoms with Crippen molar-refractivity contribution in [3.05, 3.63) is 96.1 Å². The van der Waals surface area contributed by atoms with Crippen LogP contribution in [-0.2, 0) is 0 Å². The lowest BCUT2D eigenvalue weighted by Gasteiger charge is -2.22. The van der Waals surface area contributed by atoms with Crippen molar-refractivity contribution in [2.24, 2.45) is 0 Å². The summed E-state index contributed by atoms with van der Waals surface area (Å²) in [4.78, 5) is 14.5. The highest BCUT2D eigenvalue weighted by Crippen LogP contribution is 2.27. The van der Waals surface area contributed by atoms with Crippen LogP contribution in [0, 0.1) is 0 Å². The molecule has 1 unspecified atom stereocenters. The van der Waals surface area contributed by atoms with Gasteiger partial charge in [0.25, 0.3) is 5.91 Å². The summed E-state index contributed by atoms with van der Waals surface area (Å²) in [5.41, 5.74) is 2.48. The van der Waals surface area contributed by atoms with E-state index in [1.165, 1.54) is 0 Å². The minimum atomic E-state index is -0.134. The number of carbonyl (C=O) groups excluding carboxylic acids is 1. The van der Waals surface area contributed by atoms with Gasteiger partial charge < -0.3 is 15.0 Å². The third kappa shape index (κ3) is 5.69. The van der Waals surface area contributed by atoms with Gasteiger partial charge in [-0.25, -0.2) is 0 Å². The van der Waals surface area contributed by atoms with Crippen LogP contribution < -0.4 is 10.1 Å².